The lowest BCUT2D eigenvalue weighted by molar-refractivity contribution is 0.620. The zero-order chi connectivity index (χ0) is 18.1. The molecule has 0 saturated heterocycles. The number of halogens is 3. The van der Waals surface area contributed by atoms with Crippen molar-refractivity contribution in [2.45, 2.75) is 0 Å². The molecule has 6 heteroatoms. The van der Waals surface area contributed by atoms with Crippen LogP contribution in [0, 0.1) is 3.57 Å². The van der Waals surface area contributed by atoms with Crippen LogP contribution in [0.3, 0.4) is 0 Å². The average Bonchev–Trinajstić information content (AvgIpc) is 3.03. The van der Waals surface area contributed by atoms with E-state index in [4.69, 9.17) is 27.6 Å². The Morgan fingerprint density at radius 3 is 2.69 bits per heavy atom. The van der Waals surface area contributed by atoms with Gasteiger partial charge in [0, 0.05) is 14.8 Å². The van der Waals surface area contributed by atoms with Crippen molar-refractivity contribution in [1.29, 1.82) is 0 Å². The van der Waals surface area contributed by atoms with Gasteiger partial charge in [-0.15, -0.1) is 0 Å². The molecule has 128 valence electrons. The van der Waals surface area contributed by atoms with Gasteiger partial charge in [-0.3, -0.25) is 4.99 Å². The summed E-state index contributed by atoms with van der Waals surface area (Å²) < 4.78 is 6.99. The van der Waals surface area contributed by atoms with Crippen LogP contribution in [-0.2, 0) is 0 Å². The predicted octanol–water partition coefficient (Wildman–Crippen LogP) is 7.16. The highest BCUT2D eigenvalue weighted by atomic mass is 127. The van der Waals surface area contributed by atoms with Gasteiger partial charge in [0.1, 0.15) is 5.52 Å². The highest BCUT2D eigenvalue weighted by Crippen LogP contribution is 2.32. The van der Waals surface area contributed by atoms with Crippen LogP contribution >= 0.6 is 45.8 Å². The maximum atomic E-state index is 6.24. The van der Waals surface area contributed by atoms with Gasteiger partial charge < -0.3 is 4.42 Å². The Balaban J connectivity index is 1.67. The smallest absolute Gasteiger partial charge is 0.228 e. The minimum Gasteiger partial charge on any atom is -0.436 e. The molecule has 0 unspecified atom stereocenters. The maximum Gasteiger partial charge on any atom is 0.228 e. The van der Waals surface area contributed by atoms with Gasteiger partial charge in [-0.1, -0.05) is 35.3 Å². The molecule has 26 heavy (non-hydrogen) atoms. The first-order valence-electron chi connectivity index (χ1n) is 7.74. The number of aromatic nitrogens is 1. The molecule has 1 aromatic heterocycles. The Labute approximate surface area is 173 Å². The quantitative estimate of drug-likeness (QED) is 0.225. The lowest BCUT2D eigenvalue weighted by Crippen LogP contribution is -1.81. The SMILES string of the molecule is Clc1ccc(-c2nc3cc(N=Cc4cccc(I)c4)ccc3o2)c(Cl)c1. The fraction of sp³-hybridized carbons (Fsp3) is 0. The first kappa shape index (κ1) is 17.5. The third-order valence-corrected chi connectivity index (χ3v) is 4.96. The van der Waals surface area contributed by atoms with Gasteiger partial charge in [-0.2, -0.15) is 0 Å². The Morgan fingerprint density at radius 1 is 1.00 bits per heavy atom. The molecular weight excluding hydrogens is 482 g/mol. The van der Waals surface area contributed by atoms with E-state index in [1.54, 1.807) is 18.2 Å². The Kier molecular flexibility index (Phi) is 4.98. The van der Waals surface area contributed by atoms with Gasteiger partial charge in [0.05, 0.1) is 16.3 Å². The molecule has 1 heterocycles. The van der Waals surface area contributed by atoms with Crippen LogP contribution in [0.15, 0.2) is 70.1 Å². The van der Waals surface area contributed by atoms with Crippen LogP contribution in [0.5, 0.6) is 0 Å². The van der Waals surface area contributed by atoms with E-state index in [1.165, 1.54) is 3.57 Å². The molecule has 4 rings (SSSR count). The predicted molar refractivity (Wildman–Crippen MR) is 116 cm³/mol. The van der Waals surface area contributed by atoms with Crippen LogP contribution < -0.4 is 0 Å². The summed E-state index contributed by atoms with van der Waals surface area (Å²) in [6.07, 6.45) is 1.83. The zero-order valence-corrected chi connectivity index (χ0v) is 17.0. The van der Waals surface area contributed by atoms with Gasteiger partial charge in [-0.25, -0.2) is 4.98 Å². The second kappa shape index (κ2) is 7.39. The number of hydrogen-bond acceptors (Lipinski definition) is 3. The fourth-order valence-corrected chi connectivity index (χ4v) is 3.57. The molecule has 0 aliphatic rings. The lowest BCUT2D eigenvalue weighted by Gasteiger charge is -1.98. The van der Waals surface area contributed by atoms with Crippen LogP contribution in [0.1, 0.15) is 5.56 Å². The highest BCUT2D eigenvalue weighted by molar-refractivity contribution is 14.1. The van der Waals surface area contributed by atoms with E-state index in [2.05, 4.69) is 38.6 Å². The summed E-state index contributed by atoms with van der Waals surface area (Å²) in [7, 11) is 0. The average molecular weight is 493 g/mol. The summed E-state index contributed by atoms with van der Waals surface area (Å²) in [6, 6.07) is 19.0. The van der Waals surface area contributed by atoms with E-state index >= 15 is 0 Å². The van der Waals surface area contributed by atoms with Crippen molar-refractivity contribution in [3.05, 3.63) is 79.8 Å². The molecule has 4 aromatic rings. The summed E-state index contributed by atoms with van der Waals surface area (Å²) in [4.78, 5) is 9.06. The summed E-state index contributed by atoms with van der Waals surface area (Å²) in [6.45, 7) is 0. The molecular formula is C20H11Cl2IN2O. The Bertz CT molecular complexity index is 1140. The van der Waals surface area contributed by atoms with Crippen molar-refractivity contribution in [1.82, 2.24) is 4.98 Å². The minimum absolute atomic E-state index is 0.459. The van der Waals surface area contributed by atoms with Crippen molar-refractivity contribution in [3.8, 4) is 11.5 Å². The Morgan fingerprint density at radius 2 is 1.88 bits per heavy atom. The van der Waals surface area contributed by atoms with Crippen LogP contribution in [0.2, 0.25) is 10.0 Å². The van der Waals surface area contributed by atoms with E-state index < -0.39 is 0 Å². The van der Waals surface area contributed by atoms with Gasteiger partial charge in [0.2, 0.25) is 5.89 Å². The minimum atomic E-state index is 0.459. The molecule has 0 aliphatic carbocycles. The second-order valence-electron chi connectivity index (χ2n) is 5.61. The van der Waals surface area contributed by atoms with Crippen LogP contribution in [-0.4, -0.2) is 11.2 Å². The third-order valence-electron chi connectivity index (χ3n) is 3.74. The maximum absolute atomic E-state index is 6.24. The molecule has 3 aromatic carbocycles. The van der Waals surface area contributed by atoms with Gasteiger partial charge >= 0.3 is 0 Å². The third kappa shape index (κ3) is 3.77. The van der Waals surface area contributed by atoms with Crippen LogP contribution in [0.25, 0.3) is 22.6 Å². The fourth-order valence-electron chi connectivity index (χ4n) is 2.51. The van der Waals surface area contributed by atoms with Gasteiger partial charge in [0.25, 0.3) is 0 Å². The number of nitrogens with zero attached hydrogens (tertiary/aromatic N) is 2. The molecule has 0 fully saturated rings. The van der Waals surface area contributed by atoms with E-state index in [1.807, 2.05) is 42.6 Å². The molecule has 0 N–H and O–H groups in total. The van der Waals surface area contributed by atoms with Gasteiger partial charge in [-0.05, 0) is 76.7 Å². The normalized spacial score (nSPS) is 11.5. The number of fused-ring (bicyclic) bond motifs is 1. The molecule has 0 radical (unpaired) electrons. The van der Waals surface area contributed by atoms with Crippen LogP contribution in [0.4, 0.5) is 5.69 Å². The summed E-state index contributed by atoms with van der Waals surface area (Å²) in [5, 5.41) is 1.07. The number of benzene rings is 3. The second-order valence-corrected chi connectivity index (χ2v) is 7.70. The molecule has 0 bridgehead atoms. The standard InChI is InChI=1S/C20H11Cl2IN2O/c21-13-4-6-16(17(22)9-13)20-25-18-10-15(5-7-19(18)26-20)24-11-12-2-1-3-14(23)8-12/h1-11H. The largest absolute Gasteiger partial charge is 0.436 e. The summed E-state index contributed by atoms with van der Waals surface area (Å²) in [5.74, 6) is 0.459. The highest BCUT2D eigenvalue weighted by Gasteiger charge is 2.12. The molecule has 0 spiro atoms. The zero-order valence-electron chi connectivity index (χ0n) is 13.3. The molecule has 3 nitrogen and oxygen atoms in total. The molecule has 0 atom stereocenters. The molecule has 0 saturated carbocycles. The summed E-state index contributed by atoms with van der Waals surface area (Å²) in [5.41, 5.74) is 3.96. The first-order valence-corrected chi connectivity index (χ1v) is 9.58. The van der Waals surface area contributed by atoms with Gasteiger partial charge in [0.15, 0.2) is 5.58 Å². The number of aliphatic imine (C=N–C) groups is 1. The Hall–Kier alpha value is -1.89. The van der Waals surface area contributed by atoms with Crippen molar-refractivity contribution in [3.63, 3.8) is 0 Å². The number of rotatable bonds is 3. The number of hydrogen-bond donors (Lipinski definition) is 0. The monoisotopic (exact) mass is 492 g/mol. The van der Waals surface area contributed by atoms with Crippen molar-refractivity contribution in [2.75, 3.05) is 0 Å². The van der Waals surface area contributed by atoms with Crippen molar-refractivity contribution in [2.24, 2.45) is 4.99 Å². The van der Waals surface area contributed by atoms with Crippen molar-refractivity contribution < 1.29 is 4.42 Å². The van der Waals surface area contributed by atoms with E-state index in [0.29, 0.717) is 27.1 Å². The first-order chi connectivity index (χ1) is 12.6. The van der Waals surface area contributed by atoms with E-state index in [0.717, 1.165) is 16.8 Å². The topological polar surface area (TPSA) is 38.4 Å². The lowest BCUT2D eigenvalue weighted by atomic mass is 10.2. The number of oxazole rings is 1. The molecule has 0 aliphatic heterocycles. The van der Waals surface area contributed by atoms with E-state index in [9.17, 15) is 0 Å². The summed E-state index contributed by atoms with van der Waals surface area (Å²) >= 11 is 14.5. The van der Waals surface area contributed by atoms with Crippen molar-refractivity contribution >= 4 is 68.8 Å². The molecule has 0 amide bonds. The van der Waals surface area contributed by atoms with E-state index in [-0.39, 0.29) is 0 Å².